The number of aromatic amines is 1. The number of nitrogens with one attached hydrogen (secondary N) is 1. The number of carbonyl (C=O) groups excluding carboxylic acids is 1. The number of carbonyl (C=O) groups is 1. The molecule has 0 spiro atoms. The first-order valence-electron chi connectivity index (χ1n) is 10.1. The molecule has 0 saturated heterocycles. The molecule has 0 aliphatic heterocycles. The Bertz CT molecular complexity index is 1270. The van der Waals surface area contributed by atoms with Gasteiger partial charge < -0.3 is 23.9 Å². The van der Waals surface area contributed by atoms with Crippen LogP contribution in [0.15, 0.2) is 48.7 Å². The summed E-state index contributed by atoms with van der Waals surface area (Å²) in [6, 6.07) is 13.3. The van der Waals surface area contributed by atoms with Crippen LogP contribution in [0.25, 0.3) is 21.8 Å². The van der Waals surface area contributed by atoms with Crippen LogP contribution in [0.2, 0.25) is 5.02 Å². The molecular formula is C24H23ClN2O5. The molecule has 0 aliphatic carbocycles. The highest BCUT2D eigenvalue weighted by Crippen LogP contribution is 2.38. The molecule has 32 heavy (non-hydrogen) atoms. The maximum Gasteiger partial charge on any atom is 0.515 e. The zero-order valence-corrected chi connectivity index (χ0v) is 18.7. The number of benzene rings is 2. The van der Waals surface area contributed by atoms with E-state index >= 15 is 0 Å². The van der Waals surface area contributed by atoms with Gasteiger partial charge in [0.25, 0.3) is 0 Å². The number of ether oxygens (including phenoxy) is 4. The van der Waals surface area contributed by atoms with Crippen molar-refractivity contribution in [3.05, 3.63) is 64.8 Å². The van der Waals surface area contributed by atoms with Gasteiger partial charge in [0.05, 0.1) is 35.5 Å². The third-order valence-corrected chi connectivity index (χ3v) is 5.20. The molecule has 2 heterocycles. The van der Waals surface area contributed by atoms with Crippen LogP contribution in [-0.2, 0) is 22.7 Å². The Kier molecular flexibility index (Phi) is 6.48. The van der Waals surface area contributed by atoms with Crippen LogP contribution >= 0.6 is 11.6 Å². The number of H-pyrrole nitrogens is 1. The van der Waals surface area contributed by atoms with E-state index in [-0.39, 0.29) is 18.6 Å². The number of halogens is 1. The summed E-state index contributed by atoms with van der Waals surface area (Å²) in [5.74, 6) is 0.791. The maximum atomic E-state index is 12.1. The van der Waals surface area contributed by atoms with E-state index in [0.717, 1.165) is 27.4 Å². The third kappa shape index (κ3) is 4.49. The van der Waals surface area contributed by atoms with Gasteiger partial charge in [0.15, 0.2) is 0 Å². The van der Waals surface area contributed by atoms with Gasteiger partial charge in [0.1, 0.15) is 12.4 Å². The summed E-state index contributed by atoms with van der Waals surface area (Å²) in [4.78, 5) is 19.8. The van der Waals surface area contributed by atoms with Crippen LogP contribution in [0.5, 0.6) is 11.6 Å². The fourth-order valence-electron chi connectivity index (χ4n) is 3.51. The Morgan fingerprint density at radius 2 is 1.88 bits per heavy atom. The molecule has 0 fully saturated rings. The van der Waals surface area contributed by atoms with E-state index in [9.17, 15) is 4.79 Å². The molecule has 8 heteroatoms. The number of hydrogen-bond donors (Lipinski definition) is 1. The predicted octanol–water partition coefficient (Wildman–Crippen LogP) is 6.02. The van der Waals surface area contributed by atoms with Crippen LogP contribution in [0.1, 0.15) is 25.0 Å². The molecule has 1 N–H and O–H groups in total. The van der Waals surface area contributed by atoms with Crippen molar-refractivity contribution < 1.29 is 23.7 Å². The van der Waals surface area contributed by atoms with Gasteiger partial charge in [-0.25, -0.2) is 9.78 Å². The second-order valence-corrected chi connectivity index (χ2v) is 7.87. The molecule has 4 rings (SSSR count). The fourth-order valence-corrected chi connectivity index (χ4v) is 3.70. The minimum atomic E-state index is -0.820. The molecule has 0 saturated carbocycles. The molecule has 0 bridgehead atoms. The Morgan fingerprint density at radius 1 is 1.06 bits per heavy atom. The van der Waals surface area contributed by atoms with Crippen molar-refractivity contribution in [2.75, 3.05) is 7.11 Å². The van der Waals surface area contributed by atoms with Gasteiger partial charge in [0, 0.05) is 28.5 Å². The summed E-state index contributed by atoms with van der Waals surface area (Å²) in [7, 11) is 1.57. The third-order valence-electron chi connectivity index (χ3n) is 4.83. The summed E-state index contributed by atoms with van der Waals surface area (Å²) in [6.45, 7) is 3.98. The average molecular weight is 455 g/mol. The van der Waals surface area contributed by atoms with Crippen LogP contribution in [-0.4, -0.2) is 29.3 Å². The van der Waals surface area contributed by atoms with Crippen molar-refractivity contribution in [3.8, 4) is 11.6 Å². The maximum absolute atomic E-state index is 12.1. The van der Waals surface area contributed by atoms with Gasteiger partial charge in [0.2, 0.25) is 5.88 Å². The van der Waals surface area contributed by atoms with E-state index in [1.807, 2.05) is 42.5 Å². The molecule has 0 amide bonds. The molecule has 166 valence electrons. The van der Waals surface area contributed by atoms with Crippen molar-refractivity contribution in [2.24, 2.45) is 0 Å². The van der Waals surface area contributed by atoms with Crippen molar-refractivity contribution in [3.63, 3.8) is 0 Å². The molecular weight excluding hydrogens is 432 g/mol. The van der Waals surface area contributed by atoms with Gasteiger partial charge in [-0.3, -0.25) is 0 Å². The Labute approximate surface area is 190 Å². The molecule has 7 nitrogen and oxygen atoms in total. The minimum absolute atomic E-state index is 0.131. The zero-order chi connectivity index (χ0) is 22.7. The Hall–Kier alpha value is -3.29. The number of fused-ring (bicyclic) bond motifs is 3. The predicted molar refractivity (Wildman–Crippen MR) is 122 cm³/mol. The summed E-state index contributed by atoms with van der Waals surface area (Å²) in [5.41, 5.74) is 3.12. The molecule has 0 aliphatic rings. The van der Waals surface area contributed by atoms with Crippen molar-refractivity contribution >= 4 is 39.6 Å². The molecule has 0 atom stereocenters. The second kappa shape index (κ2) is 9.46. The first-order chi connectivity index (χ1) is 15.5. The quantitative estimate of drug-likeness (QED) is 0.344. The largest absolute Gasteiger partial charge is 0.515 e. The van der Waals surface area contributed by atoms with Gasteiger partial charge in [-0.05, 0) is 32.0 Å². The normalized spacial score (nSPS) is 11.3. The lowest BCUT2D eigenvalue weighted by Crippen LogP contribution is -2.17. The SMILES string of the molecule is COCc1c(OC(=O)OC(C)C)ncc2[nH]c3cccc(OCc4ccccc4Cl)c3c12. The van der Waals surface area contributed by atoms with E-state index in [2.05, 4.69) is 9.97 Å². The second-order valence-electron chi connectivity index (χ2n) is 7.47. The lowest BCUT2D eigenvalue weighted by Gasteiger charge is -2.13. The van der Waals surface area contributed by atoms with Crippen molar-refractivity contribution in [2.45, 2.75) is 33.2 Å². The zero-order valence-electron chi connectivity index (χ0n) is 18.0. The van der Waals surface area contributed by atoms with Crippen LogP contribution in [0, 0.1) is 0 Å². The molecule has 0 radical (unpaired) electrons. The number of aromatic nitrogens is 2. The first kappa shape index (κ1) is 21.9. The lowest BCUT2D eigenvalue weighted by atomic mass is 10.1. The minimum Gasteiger partial charge on any atom is -0.488 e. The highest BCUT2D eigenvalue weighted by atomic mass is 35.5. The average Bonchev–Trinajstić information content (AvgIpc) is 3.14. The van der Waals surface area contributed by atoms with Crippen LogP contribution in [0.3, 0.4) is 0 Å². The number of pyridine rings is 1. The molecule has 2 aromatic heterocycles. The van der Waals surface area contributed by atoms with E-state index < -0.39 is 6.16 Å². The van der Waals surface area contributed by atoms with Crippen LogP contribution < -0.4 is 9.47 Å². The Morgan fingerprint density at radius 3 is 2.62 bits per heavy atom. The summed E-state index contributed by atoms with van der Waals surface area (Å²) < 4.78 is 22.1. The van der Waals surface area contributed by atoms with E-state index in [1.165, 1.54) is 0 Å². The van der Waals surface area contributed by atoms with Crippen LogP contribution in [0.4, 0.5) is 4.79 Å². The van der Waals surface area contributed by atoms with Gasteiger partial charge >= 0.3 is 6.16 Å². The molecule has 2 aromatic carbocycles. The molecule has 0 unspecified atom stereocenters. The van der Waals surface area contributed by atoms with Crippen molar-refractivity contribution in [1.82, 2.24) is 9.97 Å². The van der Waals surface area contributed by atoms with Gasteiger partial charge in [-0.15, -0.1) is 0 Å². The topological polar surface area (TPSA) is 82.7 Å². The highest BCUT2D eigenvalue weighted by molar-refractivity contribution is 6.31. The van der Waals surface area contributed by atoms with Crippen molar-refractivity contribution in [1.29, 1.82) is 0 Å². The van der Waals surface area contributed by atoms with E-state index in [4.69, 9.17) is 30.5 Å². The standard InChI is InChI=1S/C24H23ClN2O5/c1-14(2)31-24(28)32-23-16(13-29-3)21-19(11-26-23)27-18-9-6-10-20(22(18)21)30-12-15-7-4-5-8-17(15)25/h4-11,14,27H,12-13H2,1-3H3. The first-order valence-corrected chi connectivity index (χ1v) is 10.5. The number of hydrogen-bond acceptors (Lipinski definition) is 6. The summed E-state index contributed by atoms with van der Waals surface area (Å²) in [6.07, 6.45) is 0.485. The number of methoxy groups -OCH3 is 1. The highest BCUT2D eigenvalue weighted by Gasteiger charge is 2.21. The number of nitrogens with zero attached hydrogens (tertiary/aromatic N) is 1. The monoisotopic (exact) mass is 454 g/mol. The Balaban J connectivity index is 1.79. The van der Waals surface area contributed by atoms with E-state index in [1.54, 1.807) is 27.2 Å². The fraction of sp³-hybridized carbons (Fsp3) is 0.250. The summed E-state index contributed by atoms with van der Waals surface area (Å²) in [5, 5.41) is 2.28. The van der Waals surface area contributed by atoms with Gasteiger partial charge in [-0.2, -0.15) is 0 Å². The molecule has 4 aromatic rings. The summed E-state index contributed by atoms with van der Waals surface area (Å²) >= 11 is 6.28. The number of rotatable bonds is 7. The van der Waals surface area contributed by atoms with Gasteiger partial charge in [-0.1, -0.05) is 35.9 Å². The lowest BCUT2D eigenvalue weighted by molar-refractivity contribution is 0.0705. The van der Waals surface area contributed by atoms with E-state index in [0.29, 0.717) is 22.9 Å². The smallest absolute Gasteiger partial charge is 0.488 e.